The molecule has 1 saturated heterocycles. The van der Waals surface area contributed by atoms with Crippen molar-refractivity contribution in [3.8, 4) is 0 Å². The Hall–Kier alpha value is -1.55. The Balaban J connectivity index is 2.06. The normalized spacial score (nSPS) is 22.0. The van der Waals surface area contributed by atoms with Gasteiger partial charge >= 0.3 is 5.97 Å². The molecule has 1 aromatic carbocycles. The van der Waals surface area contributed by atoms with E-state index in [1.807, 2.05) is 25.1 Å². The van der Waals surface area contributed by atoms with Gasteiger partial charge in [-0.25, -0.2) is 0 Å². The lowest BCUT2D eigenvalue weighted by Gasteiger charge is -2.37. The second-order valence-electron chi connectivity index (χ2n) is 5.46. The van der Waals surface area contributed by atoms with E-state index in [1.165, 1.54) is 7.11 Å². The van der Waals surface area contributed by atoms with Gasteiger partial charge in [0, 0.05) is 17.6 Å². The van der Waals surface area contributed by atoms with E-state index < -0.39 is 0 Å². The maximum absolute atomic E-state index is 12.5. The highest BCUT2D eigenvalue weighted by Gasteiger charge is 2.33. The quantitative estimate of drug-likeness (QED) is 0.807. The number of carbonyl (C=O) groups is 2. The van der Waals surface area contributed by atoms with Crippen LogP contribution in [-0.4, -0.2) is 36.5 Å². The summed E-state index contributed by atoms with van der Waals surface area (Å²) >= 11 is 6.10. The van der Waals surface area contributed by atoms with E-state index in [0.29, 0.717) is 11.6 Å². The van der Waals surface area contributed by atoms with E-state index in [4.69, 9.17) is 16.3 Å². The van der Waals surface area contributed by atoms with Gasteiger partial charge in [0.2, 0.25) is 5.91 Å². The van der Waals surface area contributed by atoms with Gasteiger partial charge in [0.25, 0.3) is 0 Å². The Kier molecular flexibility index (Phi) is 5.23. The highest BCUT2D eigenvalue weighted by atomic mass is 35.5. The smallest absolute Gasteiger partial charge is 0.310 e. The minimum Gasteiger partial charge on any atom is -0.469 e. The minimum absolute atomic E-state index is 0.00389. The fraction of sp³-hybridized carbons (Fsp3) is 0.500. The number of methoxy groups -OCH3 is 1. The summed E-state index contributed by atoms with van der Waals surface area (Å²) < 4.78 is 4.79. The highest BCUT2D eigenvalue weighted by molar-refractivity contribution is 6.31. The van der Waals surface area contributed by atoms with Crippen molar-refractivity contribution >= 4 is 23.5 Å². The number of halogens is 1. The molecule has 0 spiro atoms. The molecule has 1 amide bonds. The molecule has 21 heavy (non-hydrogen) atoms. The molecule has 0 aromatic heterocycles. The van der Waals surface area contributed by atoms with Crippen molar-refractivity contribution in [3.05, 3.63) is 34.9 Å². The zero-order valence-electron chi connectivity index (χ0n) is 12.3. The summed E-state index contributed by atoms with van der Waals surface area (Å²) in [5, 5.41) is 0.597. The summed E-state index contributed by atoms with van der Waals surface area (Å²) in [6.45, 7) is 2.44. The molecule has 1 aliphatic rings. The molecule has 0 bridgehead atoms. The van der Waals surface area contributed by atoms with Crippen LogP contribution in [0.15, 0.2) is 24.3 Å². The topological polar surface area (TPSA) is 46.6 Å². The Morgan fingerprint density at radius 3 is 2.71 bits per heavy atom. The standard InChI is InChI=1S/C16H20ClNO3/c1-11-7-8-13(16(20)21-2)10-18(11)15(19)9-12-5-3-4-6-14(12)17/h3-6,11,13H,7-10H2,1-2H3/t11-,13+/m0/s1. The number of ether oxygens (including phenoxy) is 1. The third kappa shape index (κ3) is 3.76. The first kappa shape index (κ1) is 15.8. The molecule has 4 nitrogen and oxygen atoms in total. The number of rotatable bonds is 3. The third-order valence-electron chi connectivity index (χ3n) is 4.04. The molecular weight excluding hydrogens is 290 g/mol. The molecule has 0 unspecified atom stereocenters. The molecule has 0 saturated carbocycles. The molecule has 0 aliphatic carbocycles. The molecule has 1 aromatic rings. The van der Waals surface area contributed by atoms with Gasteiger partial charge in [-0.1, -0.05) is 29.8 Å². The Morgan fingerprint density at radius 1 is 1.33 bits per heavy atom. The van der Waals surface area contributed by atoms with Crippen LogP contribution in [0.4, 0.5) is 0 Å². The van der Waals surface area contributed by atoms with Crippen molar-refractivity contribution in [2.24, 2.45) is 5.92 Å². The van der Waals surface area contributed by atoms with Crippen molar-refractivity contribution in [1.82, 2.24) is 4.90 Å². The number of esters is 1. The summed E-state index contributed by atoms with van der Waals surface area (Å²) in [6.07, 6.45) is 1.84. The van der Waals surface area contributed by atoms with Crippen molar-refractivity contribution < 1.29 is 14.3 Å². The predicted molar refractivity (Wildman–Crippen MR) is 81.1 cm³/mol. The fourth-order valence-corrected chi connectivity index (χ4v) is 2.92. The number of likely N-dealkylation sites (tertiary alicyclic amines) is 1. The highest BCUT2D eigenvalue weighted by Crippen LogP contribution is 2.24. The van der Waals surface area contributed by atoms with Crippen molar-refractivity contribution in [2.75, 3.05) is 13.7 Å². The fourth-order valence-electron chi connectivity index (χ4n) is 2.72. The summed E-state index contributed by atoms with van der Waals surface area (Å²) in [5.74, 6) is -0.456. The Bertz CT molecular complexity index is 532. The Morgan fingerprint density at radius 2 is 2.05 bits per heavy atom. The molecule has 1 fully saturated rings. The van der Waals surface area contributed by atoms with Crippen molar-refractivity contribution in [2.45, 2.75) is 32.2 Å². The summed E-state index contributed by atoms with van der Waals surface area (Å²) in [6, 6.07) is 7.48. The van der Waals surface area contributed by atoms with Crippen LogP contribution in [0, 0.1) is 5.92 Å². The number of benzene rings is 1. The van der Waals surface area contributed by atoms with Gasteiger partial charge in [-0.3, -0.25) is 9.59 Å². The van der Waals surface area contributed by atoms with Crippen LogP contribution >= 0.6 is 11.6 Å². The third-order valence-corrected chi connectivity index (χ3v) is 4.41. The zero-order chi connectivity index (χ0) is 15.4. The largest absolute Gasteiger partial charge is 0.469 e. The molecule has 2 rings (SSSR count). The monoisotopic (exact) mass is 309 g/mol. The summed E-state index contributed by atoms with van der Waals surface area (Å²) in [5.41, 5.74) is 0.816. The summed E-state index contributed by atoms with van der Waals surface area (Å²) in [4.78, 5) is 25.9. The zero-order valence-corrected chi connectivity index (χ0v) is 13.1. The number of hydrogen-bond acceptors (Lipinski definition) is 3. The van der Waals surface area contributed by atoms with Crippen molar-refractivity contribution in [3.63, 3.8) is 0 Å². The van der Waals surface area contributed by atoms with Crippen LogP contribution in [-0.2, 0) is 20.7 Å². The van der Waals surface area contributed by atoms with Gasteiger partial charge in [0.15, 0.2) is 0 Å². The van der Waals surface area contributed by atoms with E-state index in [9.17, 15) is 9.59 Å². The SMILES string of the molecule is COC(=O)[C@@H]1CC[C@H](C)N(C(=O)Cc2ccccc2Cl)C1. The first-order chi connectivity index (χ1) is 10.0. The summed E-state index contributed by atoms with van der Waals surface area (Å²) in [7, 11) is 1.39. The predicted octanol–water partition coefficient (Wildman–Crippen LogP) is 2.68. The van der Waals surface area contributed by atoms with E-state index in [1.54, 1.807) is 11.0 Å². The molecule has 5 heteroatoms. The molecule has 1 heterocycles. The van der Waals surface area contributed by atoms with Gasteiger partial charge in [-0.05, 0) is 31.4 Å². The van der Waals surface area contributed by atoms with Crippen molar-refractivity contribution in [1.29, 1.82) is 0 Å². The lowest BCUT2D eigenvalue weighted by atomic mass is 9.93. The lowest BCUT2D eigenvalue weighted by molar-refractivity contribution is -0.150. The molecular formula is C16H20ClNO3. The van der Waals surface area contributed by atoms with Crippen LogP contribution in [0.3, 0.4) is 0 Å². The Labute approximate surface area is 130 Å². The van der Waals surface area contributed by atoms with Gasteiger partial charge in [0.05, 0.1) is 19.4 Å². The van der Waals surface area contributed by atoms with Crippen LogP contribution in [0.1, 0.15) is 25.3 Å². The first-order valence-electron chi connectivity index (χ1n) is 7.13. The van der Waals surface area contributed by atoms with Gasteiger partial charge in [0.1, 0.15) is 0 Å². The first-order valence-corrected chi connectivity index (χ1v) is 7.51. The number of piperidine rings is 1. The van der Waals surface area contributed by atoms with Crippen LogP contribution < -0.4 is 0 Å². The molecule has 0 radical (unpaired) electrons. The average molecular weight is 310 g/mol. The maximum atomic E-state index is 12.5. The van der Waals surface area contributed by atoms with Gasteiger partial charge in [-0.2, -0.15) is 0 Å². The van der Waals surface area contributed by atoms with Crippen LogP contribution in [0.5, 0.6) is 0 Å². The van der Waals surface area contributed by atoms with Gasteiger partial charge in [-0.15, -0.1) is 0 Å². The molecule has 0 N–H and O–H groups in total. The second-order valence-corrected chi connectivity index (χ2v) is 5.87. The number of carbonyl (C=O) groups excluding carboxylic acids is 2. The maximum Gasteiger partial charge on any atom is 0.310 e. The average Bonchev–Trinajstić information content (AvgIpc) is 2.49. The van der Waals surface area contributed by atoms with E-state index >= 15 is 0 Å². The van der Waals surface area contributed by atoms with E-state index in [0.717, 1.165) is 18.4 Å². The van der Waals surface area contributed by atoms with E-state index in [2.05, 4.69) is 0 Å². The van der Waals surface area contributed by atoms with Gasteiger partial charge < -0.3 is 9.64 Å². The molecule has 2 atom stereocenters. The number of hydrogen-bond donors (Lipinski definition) is 0. The molecule has 114 valence electrons. The van der Waals surface area contributed by atoms with Crippen LogP contribution in [0.25, 0.3) is 0 Å². The van der Waals surface area contributed by atoms with E-state index in [-0.39, 0.29) is 30.3 Å². The number of nitrogens with zero attached hydrogens (tertiary/aromatic N) is 1. The number of amides is 1. The van der Waals surface area contributed by atoms with Crippen LogP contribution in [0.2, 0.25) is 5.02 Å². The molecule has 1 aliphatic heterocycles. The minimum atomic E-state index is -0.238. The second kappa shape index (κ2) is 6.94. The lowest BCUT2D eigenvalue weighted by Crippen LogP contribution is -2.48.